The number of amides is 1. The van der Waals surface area contributed by atoms with Crippen molar-refractivity contribution in [1.29, 1.82) is 0 Å². The van der Waals surface area contributed by atoms with Crippen LogP contribution >= 0.6 is 0 Å². The molecule has 1 aromatic heterocycles. The Hall–Kier alpha value is -2.89. The summed E-state index contributed by atoms with van der Waals surface area (Å²) in [5, 5.41) is 15.1. The first-order valence-electron chi connectivity index (χ1n) is 7.38. The highest BCUT2D eigenvalue weighted by atomic mass is 16.4. The SMILES string of the molecule is CNc1cnc2c(c1)C1(Cc3ccc(C(=O)O)cc3C1)C(=O)N2. The molecule has 23 heavy (non-hydrogen) atoms. The van der Waals surface area contributed by atoms with Crippen molar-refractivity contribution in [2.75, 3.05) is 17.7 Å². The minimum Gasteiger partial charge on any atom is -0.478 e. The van der Waals surface area contributed by atoms with Crippen LogP contribution in [0.25, 0.3) is 0 Å². The third kappa shape index (κ3) is 1.84. The summed E-state index contributed by atoms with van der Waals surface area (Å²) in [4.78, 5) is 28.1. The van der Waals surface area contributed by atoms with E-state index < -0.39 is 11.4 Å². The Kier molecular flexibility index (Phi) is 2.72. The van der Waals surface area contributed by atoms with E-state index in [2.05, 4.69) is 15.6 Å². The second-order valence-corrected chi connectivity index (χ2v) is 6.05. The molecule has 2 aromatic rings. The zero-order valence-electron chi connectivity index (χ0n) is 12.5. The molecular formula is C17H15N3O3. The van der Waals surface area contributed by atoms with Crippen LogP contribution in [0.2, 0.25) is 0 Å². The Morgan fingerprint density at radius 2 is 2.09 bits per heavy atom. The van der Waals surface area contributed by atoms with Gasteiger partial charge in [-0.25, -0.2) is 9.78 Å². The van der Waals surface area contributed by atoms with Crippen molar-refractivity contribution in [3.63, 3.8) is 0 Å². The Balaban J connectivity index is 1.82. The standard InChI is InChI=1S/C17H15N3O3/c1-18-12-5-13-14(19-8-12)20-16(23)17(13)6-10-3-2-9(15(21)22)4-11(10)7-17/h2-5,8,18H,6-7H2,1H3,(H,21,22)(H,19,20,23). The van der Waals surface area contributed by atoms with Crippen molar-refractivity contribution in [3.05, 3.63) is 52.7 Å². The van der Waals surface area contributed by atoms with E-state index in [1.165, 1.54) is 0 Å². The van der Waals surface area contributed by atoms with E-state index >= 15 is 0 Å². The zero-order chi connectivity index (χ0) is 16.2. The normalized spacial score (nSPS) is 21.0. The maximum Gasteiger partial charge on any atom is 0.335 e. The Bertz CT molecular complexity index is 862. The maximum atomic E-state index is 12.7. The first-order valence-corrected chi connectivity index (χ1v) is 7.38. The number of hydrogen-bond acceptors (Lipinski definition) is 4. The van der Waals surface area contributed by atoms with E-state index in [9.17, 15) is 9.59 Å². The van der Waals surface area contributed by atoms with Gasteiger partial charge in [-0.3, -0.25) is 4.79 Å². The molecule has 116 valence electrons. The first-order chi connectivity index (χ1) is 11.0. The second kappa shape index (κ2) is 4.55. The number of rotatable bonds is 2. The van der Waals surface area contributed by atoms with Crippen LogP contribution in [0.3, 0.4) is 0 Å². The number of nitrogens with zero attached hydrogens (tertiary/aromatic N) is 1. The molecule has 0 bridgehead atoms. The monoisotopic (exact) mass is 309 g/mol. The predicted octanol–water partition coefficient (Wildman–Crippen LogP) is 1.81. The lowest BCUT2D eigenvalue weighted by Crippen LogP contribution is -2.35. The van der Waals surface area contributed by atoms with Gasteiger partial charge in [-0.05, 0) is 42.2 Å². The molecule has 0 fully saturated rings. The number of carboxylic acids is 1. The molecule has 3 N–H and O–H groups in total. The summed E-state index contributed by atoms with van der Waals surface area (Å²) < 4.78 is 0. The summed E-state index contributed by atoms with van der Waals surface area (Å²) >= 11 is 0. The molecule has 1 aliphatic carbocycles. The van der Waals surface area contributed by atoms with Gasteiger partial charge in [0.1, 0.15) is 5.82 Å². The highest BCUT2D eigenvalue weighted by molar-refractivity contribution is 6.06. The average Bonchev–Trinajstić information content (AvgIpc) is 3.05. The van der Waals surface area contributed by atoms with Gasteiger partial charge in [0.15, 0.2) is 0 Å². The topological polar surface area (TPSA) is 91.3 Å². The fraction of sp³-hybridized carbons (Fsp3) is 0.235. The second-order valence-electron chi connectivity index (χ2n) is 6.05. The molecule has 0 saturated carbocycles. The van der Waals surface area contributed by atoms with Crippen LogP contribution in [0, 0.1) is 0 Å². The number of fused-ring (bicyclic) bond motifs is 3. The molecule has 6 nitrogen and oxygen atoms in total. The van der Waals surface area contributed by atoms with E-state index in [0.29, 0.717) is 18.7 Å². The summed E-state index contributed by atoms with van der Waals surface area (Å²) in [5.41, 5.74) is 3.23. The summed E-state index contributed by atoms with van der Waals surface area (Å²) in [7, 11) is 1.81. The smallest absolute Gasteiger partial charge is 0.335 e. The molecule has 1 aromatic carbocycles. The molecule has 4 rings (SSSR count). The van der Waals surface area contributed by atoms with Gasteiger partial charge in [0.05, 0.1) is 22.9 Å². The van der Waals surface area contributed by atoms with Gasteiger partial charge in [-0.15, -0.1) is 0 Å². The van der Waals surface area contributed by atoms with Gasteiger partial charge in [0.25, 0.3) is 0 Å². The number of carbonyl (C=O) groups is 2. The van der Waals surface area contributed by atoms with Crippen LogP contribution in [0.5, 0.6) is 0 Å². The summed E-state index contributed by atoms with van der Waals surface area (Å²) in [5.74, 6) is -0.425. The van der Waals surface area contributed by atoms with Gasteiger partial charge >= 0.3 is 5.97 Å². The highest BCUT2D eigenvalue weighted by Gasteiger charge is 2.51. The molecule has 1 spiro atoms. The van der Waals surface area contributed by atoms with E-state index in [4.69, 9.17) is 5.11 Å². The van der Waals surface area contributed by atoms with Crippen LogP contribution < -0.4 is 10.6 Å². The fourth-order valence-corrected chi connectivity index (χ4v) is 3.58. The number of aromatic carboxylic acids is 1. The number of pyridine rings is 1. The molecule has 0 radical (unpaired) electrons. The van der Waals surface area contributed by atoms with Crippen LogP contribution in [0.1, 0.15) is 27.0 Å². The zero-order valence-corrected chi connectivity index (χ0v) is 12.5. The van der Waals surface area contributed by atoms with E-state index in [-0.39, 0.29) is 11.5 Å². The van der Waals surface area contributed by atoms with Crippen molar-refractivity contribution in [2.24, 2.45) is 0 Å². The molecule has 1 amide bonds. The fourth-order valence-electron chi connectivity index (χ4n) is 3.58. The van der Waals surface area contributed by atoms with Crippen molar-refractivity contribution < 1.29 is 14.7 Å². The number of aromatic nitrogens is 1. The van der Waals surface area contributed by atoms with Crippen molar-refractivity contribution >= 4 is 23.4 Å². The Morgan fingerprint density at radius 1 is 1.30 bits per heavy atom. The molecule has 2 aliphatic rings. The first kappa shape index (κ1) is 13.8. The van der Waals surface area contributed by atoms with Gasteiger partial charge in [0.2, 0.25) is 5.91 Å². The number of anilines is 2. The molecular weight excluding hydrogens is 294 g/mol. The number of nitrogens with one attached hydrogen (secondary N) is 2. The van der Waals surface area contributed by atoms with Gasteiger partial charge in [0, 0.05) is 12.6 Å². The van der Waals surface area contributed by atoms with Crippen LogP contribution in [-0.2, 0) is 23.1 Å². The average molecular weight is 309 g/mol. The van der Waals surface area contributed by atoms with Crippen molar-refractivity contribution in [3.8, 4) is 0 Å². The van der Waals surface area contributed by atoms with E-state index in [1.807, 2.05) is 19.2 Å². The third-order valence-electron chi connectivity index (χ3n) is 4.80. The molecule has 6 heteroatoms. The molecule has 1 aliphatic heterocycles. The van der Waals surface area contributed by atoms with Crippen molar-refractivity contribution in [2.45, 2.75) is 18.3 Å². The Morgan fingerprint density at radius 3 is 2.83 bits per heavy atom. The summed E-state index contributed by atoms with van der Waals surface area (Å²) in [6.07, 6.45) is 2.75. The largest absolute Gasteiger partial charge is 0.478 e. The molecule has 1 atom stereocenters. The van der Waals surface area contributed by atoms with Gasteiger partial charge in [-0.2, -0.15) is 0 Å². The lowest BCUT2D eigenvalue weighted by molar-refractivity contribution is -0.120. The molecule has 1 unspecified atom stereocenters. The van der Waals surface area contributed by atoms with Gasteiger partial charge < -0.3 is 15.7 Å². The highest BCUT2D eigenvalue weighted by Crippen LogP contribution is 2.47. The summed E-state index contributed by atoms with van der Waals surface area (Å²) in [6.45, 7) is 0. The minimum atomic E-state index is -0.954. The van der Waals surface area contributed by atoms with Crippen LogP contribution in [0.15, 0.2) is 30.5 Å². The molecule has 2 heterocycles. The van der Waals surface area contributed by atoms with Gasteiger partial charge in [-0.1, -0.05) is 6.07 Å². The number of carboxylic acid groups (broad SMARTS) is 1. The molecule has 0 saturated heterocycles. The minimum absolute atomic E-state index is 0.0682. The van der Waals surface area contributed by atoms with Crippen LogP contribution in [-0.4, -0.2) is 29.0 Å². The summed E-state index contributed by atoms with van der Waals surface area (Å²) in [6, 6.07) is 7.03. The number of carbonyl (C=O) groups excluding carboxylic acids is 1. The third-order valence-corrected chi connectivity index (χ3v) is 4.80. The number of hydrogen-bond donors (Lipinski definition) is 3. The van der Waals surface area contributed by atoms with E-state index in [1.54, 1.807) is 18.3 Å². The van der Waals surface area contributed by atoms with Crippen LogP contribution in [0.4, 0.5) is 11.5 Å². The van der Waals surface area contributed by atoms with Crippen molar-refractivity contribution in [1.82, 2.24) is 4.98 Å². The Labute approximate surface area is 132 Å². The quantitative estimate of drug-likeness (QED) is 0.787. The number of benzene rings is 1. The van der Waals surface area contributed by atoms with E-state index in [0.717, 1.165) is 22.4 Å². The predicted molar refractivity (Wildman–Crippen MR) is 84.9 cm³/mol. The lowest BCUT2D eigenvalue weighted by Gasteiger charge is -2.20. The maximum absolute atomic E-state index is 12.7. The lowest BCUT2D eigenvalue weighted by atomic mass is 9.79.